The van der Waals surface area contributed by atoms with E-state index in [1.165, 1.54) is 12.1 Å². The zero-order valence-corrected chi connectivity index (χ0v) is 14.7. The maximum Gasteiger partial charge on any atom is 0.416 e. The van der Waals surface area contributed by atoms with E-state index >= 15 is 0 Å². The molecule has 3 nitrogen and oxygen atoms in total. The maximum atomic E-state index is 12.6. The van der Waals surface area contributed by atoms with E-state index in [0.29, 0.717) is 18.7 Å². The molecule has 1 aromatic carbocycles. The van der Waals surface area contributed by atoms with Crippen LogP contribution in [0.3, 0.4) is 0 Å². The molecule has 0 radical (unpaired) electrons. The van der Waals surface area contributed by atoms with Crippen LogP contribution in [0.2, 0.25) is 0 Å². The Kier molecular flexibility index (Phi) is 5.93. The number of aromatic amines is 1. The molecule has 0 spiro atoms. The first-order valence-corrected chi connectivity index (χ1v) is 8.36. The van der Waals surface area contributed by atoms with Crippen molar-refractivity contribution in [2.75, 3.05) is 6.54 Å². The number of alkyl halides is 3. The fourth-order valence-corrected chi connectivity index (χ4v) is 2.76. The van der Waals surface area contributed by atoms with Gasteiger partial charge in [-0.15, -0.1) is 0 Å². The Morgan fingerprint density at radius 3 is 2.36 bits per heavy atom. The third-order valence-electron chi connectivity index (χ3n) is 4.30. The molecule has 2 N–H and O–H groups in total. The lowest BCUT2D eigenvalue weighted by Gasteiger charge is -2.08. The van der Waals surface area contributed by atoms with Crippen LogP contribution >= 0.6 is 0 Å². The molecule has 1 heterocycles. The Morgan fingerprint density at radius 2 is 1.80 bits per heavy atom. The molecule has 0 unspecified atom stereocenters. The van der Waals surface area contributed by atoms with Crippen LogP contribution < -0.4 is 5.32 Å². The van der Waals surface area contributed by atoms with Crippen LogP contribution in [0.1, 0.15) is 58.2 Å². The van der Waals surface area contributed by atoms with E-state index < -0.39 is 11.7 Å². The minimum atomic E-state index is -4.33. The minimum Gasteiger partial charge on any atom is -0.354 e. The van der Waals surface area contributed by atoms with E-state index in [4.69, 9.17) is 0 Å². The molecule has 0 saturated carbocycles. The number of hydrogen-bond acceptors (Lipinski definition) is 1. The summed E-state index contributed by atoms with van der Waals surface area (Å²) in [4.78, 5) is 15.3. The summed E-state index contributed by atoms with van der Waals surface area (Å²) in [5.41, 5.74) is 3.28. The molecular weight excluding hydrogens is 329 g/mol. The summed E-state index contributed by atoms with van der Waals surface area (Å²) in [5.74, 6) is -0.146. The highest BCUT2D eigenvalue weighted by molar-refractivity contribution is 5.94. The summed E-state index contributed by atoms with van der Waals surface area (Å²) >= 11 is 0. The largest absolute Gasteiger partial charge is 0.416 e. The van der Waals surface area contributed by atoms with E-state index in [2.05, 4.69) is 17.2 Å². The molecule has 0 aliphatic carbocycles. The second-order valence-electron chi connectivity index (χ2n) is 6.21. The van der Waals surface area contributed by atoms with E-state index in [1.807, 2.05) is 13.8 Å². The predicted octanol–water partition coefficient (Wildman–Crippen LogP) is 4.77. The number of carbonyl (C=O) groups excluding carboxylic acids is 1. The van der Waals surface area contributed by atoms with Crippen molar-refractivity contribution in [2.45, 2.75) is 46.2 Å². The topological polar surface area (TPSA) is 44.9 Å². The average molecular weight is 352 g/mol. The molecule has 1 aromatic heterocycles. The van der Waals surface area contributed by atoms with Crippen LogP contribution in [0.5, 0.6) is 0 Å². The monoisotopic (exact) mass is 352 g/mol. The Bertz CT molecular complexity index is 730. The number of aromatic nitrogens is 1. The first-order chi connectivity index (χ1) is 11.7. The maximum absolute atomic E-state index is 12.6. The Hall–Kier alpha value is -2.24. The smallest absolute Gasteiger partial charge is 0.354 e. The van der Waals surface area contributed by atoms with Crippen LogP contribution in [0, 0.1) is 13.8 Å². The van der Waals surface area contributed by atoms with Gasteiger partial charge in [0, 0.05) is 12.2 Å². The van der Waals surface area contributed by atoms with Crippen LogP contribution in [-0.2, 0) is 12.6 Å². The molecule has 0 aliphatic rings. The highest BCUT2D eigenvalue weighted by atomic mass is 19.4. The average Bonchev–Trinajstić information content (AvgIpc) is 2.83. The second kappa shape index (κ2) is 7.76. The molecule has 2 aromatic rings. The molecule has 25 heavy (non-hydrogen) atoms. The van der Waals surface area contributed by atoms with E-state index in [-0.39, 0.29) is 5.91 Å². The Labute approximate surface area is 145 Å². The van der Waals surface area contributed by atoms with Gasteiger partial charge < -0.3 is 10.3 Å². The van der Waals surface area contributed by atoms with E-state index in [9.17, 15) is 18.0 Å². The number of H-pyrrole nitrogens is 1. The summed E-state index contributed by atoms with van der Waals surface area (Å²) in [6.07, 6.45) is -1.93. The number of nitrogens with one attached hydrogen (secondary N) is 2. The lowest BCUT2D eigenvalue weighted by atomic mass is 10.00. The van der Waals surface area contributed by atoms with Gasteiger partial charge in [0.1, 0.15) is 5.69 Å². The third kappa shape index (κ3) is 4.65. The third-order valence-corrected chi connectivity index (χ3v) is 4.30. The SMILES string of the molecule is CCCCNC(=O)c1[nH]c(C)c(Cc2ccc(C(F)(F)F)cc2)c1C. The molecule has 0 fully saturated rings. The zero-order valence-electron chi connectivity index (χ0n) is 14.7. The zero-order chi connectivity index (χ0) is 18.6. The van der Waals surface area contributed by atoms with Crippen LogP contribution in [0.15, 0.2) is 24.3 Å². The van der Waals surface area contributed by atoms with Gasteiger partial charge in [-0.25, -0.2) is 0 Å². The summed E-state index contributed by atoms with van der Waals surface area (Å²) in [6, 6.07) is 5.14. The number of halogens is 3. The molecule has 6 heteroatoms. The van der Waals surface area contributed by atoms with Gasteiger partial charge in [-0.1, -0.05) is 25.5 Å². The number of carbonyl (C=O) groups is 1. The van der Waals surface area contributed by atoms with Crippen LogP contribution in [0.25, 0.3) is 0 Å². The molecule has 136 valence electrons. The van der Waals surface area contributed by atoms with Gasteiger partial charge in [-0.2, -0.15) is 13.2 Å². The summed E-state index contributed by atoms with van der Waals surface area (Å²) in [7, 11) is 0. The molecule has 1 amide bonds. The van der Waals surface area contributed by atoms with Gasteiger partial charge in [-0.05, 0) is 55.5 Å². The normalized spacial score (nSPS) is 11.6. The first-order valence-electron chi connectivity index (χ1n) is 8.36. The molecule has 0 saturated heterocycles. The van der Waals surface area contributed by atoms with Crippen LogP contribution in [-0.4, -0.2) is 17.4 Å². The van der Waals surface area contributed by atoms with Gasteiger partial charge >= 0.3 is 6.18 Å². The molecule has 0 bridgehead atoms. The molecule has 2 rings (SSSR count). The first kappa shape index (κ1) is 19.1. The van der Waals surface area contributed by atoms with Crippen molar-refractivity contribution < 1.29 is 18.0 Å². The fourth-order valence-electron chi connectivity index (χ4n) is 2.76. The van der Waals surface area contributed by atoms with Crippen molar-refractivity contribution in [3.8, 4) is 0 Å². The van der Waals surface area contributed by atoms with Crippen molar-refractivity contribution in [3.63, 3.8) is 0 Å². The summed E-state index contributed by atoms with van der Waals surface area (Å²) < 4.78 is 37.9. The van der Waals surface area contributed by atoms with Gasteiger partial charge in [0.2, 0.25) is 0 Å². The molecular formula is C19H23F3N2O. The van der Waals surface area contributed by atoms with Crippen molar-refractivity contribution in [2.24, 2.45) is 0 Å². The van der Waals surface area contributed by atoms with Gasteiger partial charge in [0.25, 0.3) is 5.91 Å². The lowest BCUT2D eigenvalue weighted by molar-refractivity contribution is -0.137. The Balaban J connectivity index is 2.16. The second-order valence-corrected chi connectivity index (χ2v) is 6.21. The van der Waals surface area contributed by atoms with Crippen molar-refractivity contribution in [3.05, 3.63) is 57.9 Å². The van der Waals surface area contributed by atoms with Gasteiger partial charge in [0.15, 0.2) is 0 Å². The van der Waals surface area contributed by atoms with Crippen molar-refractivity contribution >= 4 is 5.91 Å². The van der Waals surface area contributed by atoms with Gasteiger partial charge in [0.05, 0.1) is 5.56 Å². The minimum absolute atomic E-state index is 0.146. The number of hydrogen-bond donors (Lipinski definition) is 2. The quantitative estimate of drug-likeness (QED) is 0.723. The molecule has 0 atom stereocenters. The predicted molar refractivity (Wildman–Crippen MR) is 91.8 cm³/mol. The highest BCUT2D eigenvalue weighted by Crippen LogP contribution is 2.30. The number of benzene rings is 1. The van der Waals surface area contributed by atoms with E-state index in [0.717, 1.165) is 47.4 Å². The lowest BCUT2D eigenvalue weighted by Crippen LogP contribution is -2.25. The van der Waals surface area contributed by atoms with Gasteiger partial charge in [-0.3, -0.25) is 4.79 Å². The van der Waals surface area contributed by atoms with Crippen molar-refractivity contribution in [1.29, 1.82) is 0 Å². The highest BCUT2D eigenvalue weighted by Gasteiger charge is 2.30. The molecule has 0 aliphatic heterocycles. The summed E-state index contributed by atoms with van der Waals surface area (Å²) in [6.45, 7) is 6.41. The fraction of sp³-hybridized carbons (Fsp3) is 0.421. The number of amides is 1. The van der Waals surface area contributed by atoms with Crippen LogP contribution in [0.4, 0.5) is 13.2 Å². The number of rotatable bonds is 6. The number of unbranched alkanes of at least 4 members (excludes halogenated alkanes) is 1. The standard InChI is InChI=1S/C19H23F3N2O/c1-4-5-10-23-18(25)17-12(2)16(13(3)24-17)11-14-6-8-15(9-7-14)19(20,21)22/h6-9,24H,4-5,10-11H2,1-3H3,(H,23,25). The Morgan fingerprint density at radius 1 is 1.16 bits per heavy atom. The summed E-state index contributed by atoms with van der Waals surface area (Å²) in [5, 5.41) is 2.87. The van der Waals surface area contributed by atoms with Crippen molar-refractivity contribution in [1.82, 2.24) is 10.3 Å². The number of aryl methyl sites for hydroxylation is 1. The van der Waals surface area contributed by atoms with E-state index in [1.54, 1.807) is 0 Å².